The monoisotopic (exact) mass is 203 g/mol. The zero-order valence-electron chi connectivity index (χ0n) is 9.36. The zero-order chi connectivity index (χ0) is 10.6. The summed E-state index contributed by atoms with van der Waals surface area (Å²) < 4.78 is 2.15. The lowest BCUT2D eigenvalue weighted by molar-refractivity contribution is 0.294. The first-order chi connectivity index (χ1) is 5.91. The van der Waals surface area contributed by atoms with E-state index < -0.39 is 8.30 Å². The van der Waals surface area contributed by atoms with Crippen LogP contribution in [0.3, 0.4) is 0 Å². The summed E-state index contributed by atoms with van der Waals surface area (Å²) in [4.78, 5) is 10.0. The third-order valence-corrected chi connectivity index (χ3v) is 4.34. The standard InChI is InChI=1S/C10H22NOP/c1-7-10(6)13(12)11(8(2)3)9(4)5/h7-10,12H,1H2,2-6H3. The molecule has 2 nitrogen and oxygen atoms in total. The van der Waals surface area contributed by atoms with E-state index in [1.54, 1.807) is 0 Å². The van der Waals surface area contributed by atoms with E-state index in [9.17, 15) is 4.89 Å². The third-order valence-electron chi connectivity index (χ3n) is 2.00. The van der Waals surface area contributed by atoms with Crippen molar-refractivity contribution in [2.75, 3.05) is 0 Å². The van der Waals surface area contributed by atoms with Crippen molar-refractivity contribution in [1.82, 2.24) is 4.67 Å². The Hall–Kier alpha value is 0.0900. The van der Waals surface area contributed by atoms with Crippen LogP contribution < -0.4 is 0 Å². The van der Waals surface area contributed by atoms with Crippen molar-refractivity contribution in [2.45, 2.75) is 52.4 Å². The van der Waals surface area contributed by atoms with E-state index in [0.29, 0.717) is 12.1 Å². The molecule has 3 heteroatoms. The number of hydrogen-bond acceptors (Lipinski definition) is 2. The summed E-state index contributed by atoms with van der Waals surface area (Å²) in [5.41, 5.74) is 0.180. The molecule has 0 amide bonds. The van der Waals surface area contributed by atoms with Gasteiger partial charge in [-0.3, -0.25) is 4.67 Å². The predicted molar refractivity (Wildman–Crippen MR) is 60.9 cm³/mol. The molecule has 1 N–H and O–H groups in total. The van der Waals surface area contributed by atoms with Crippen LogP contribution >= 0.6 is 8.30 Å². The van der Waals surface area contributed by atoms with E-state index in [0.717, 1.165) is 0 Å². The summed E-state index contributed by atoms with van der Waals surface area (Å²) in [5.74, 6) is 0. The quantitative estimate of drug-likeness (QED) is 0.548. The molecule has 0 aromatic heterocycles. The molecule has 0 fully saturated rings. The summed E-state index contributed by atoms with van der Waals surface area (Å²) >= 11 is 0. The Morgan fingerprint density at radius 2 is 1.54 bits per heavy atom. The Kier molecular flexibility index (Phi) is 5.78. The second kappa shape index (κ2) is 5.74. The highest BCUT2D eigenvalue weighted by Gasteiger charge is 2.25. The van der Waals surface area contributed by atoms with Gasteiger partial charge in [0.05, 0.1) is 0 Å². The first kappa shape index (κ1) is 13.1. The minimum atomic E-state index is -1.07. The Morgan fingerprint density at radius 3 is 1.77 bits per heavy atom. The van der Waals surface area contributed by atoms with Crippen molar-refractivity contribution in [2.24, 2.45) is 0 Å². The highest BCUT2D eigenvalue weighted by Crippen LogP contribution is 2.44. The fourth-order valence-corrected chi connectivity index (χ4v) is 2.93. The molecule has 2 unspecified atom stereocenters. The molecule has 2 atom stereocenters. The van der Waals surface area contributed by atoms with Gasteiger partial charge in [-0.2, -0.15) is 0 Å². The molecule has 0 rings (SSSR count). The second-order valence-electron chi connectivity index (χ2n) is 3.86. The molecule has 0 radical (unpaired) electrons. The minimum absolute atomic E-state index is 0.180. The summed E-state index contributed by atoms with van der Waals surface area (Å²) in [5, 5.41) is 0. The van der Waals surface area contributed by atoms with E-state index in [4.69, 9.17) is 0 Å². The largest absolute Gasteiger partial charge is 0.358 e. The lowest BCUT2D eigenvalue weighted by Crippen LogP contribution is -2.34. The molecular weight excluding hydrogens is 181 g/mol. The highest BCUT2D eigenvalue weighted by molar-refractivity contribution is 7.50. The van der Waals surface area contributed by atoms with Crippen molar-refractivity contribution in [3.05, 3.63) is 12.7 Å². The molecule has 0 saturated carbocycles. The lowest BCUT2D eigenvalue weighted by Gasteiger charge is -2.36. The van der Waals surface area contributed by atoms with Gasteiger partial charge in [-0.05, 0) is 27.7 Å². The van der Waals surface area contributed by atoms with Crippen LogP contribution in [0.2, 0.25) is 0 Å². The Morgan fingerprint density at radius 1 is 1.15 bits per heavy atom. The molecular formula is C10H22NOP. The average molecular weight is 203 g/mol. The van der Waals surface area contributed by atoms with Gasteiger partial charge in [-0.25, -0.2) is 0 Å². The fraction of sp³-hybridized carbons (Fsp3) is 0.800. The molecule has 0 bridgehead atoms. The minimum Gasteiger partial charge on any atom is -0.358 e. The molecule has 0 aliphatic carbocycles. The SMILES string of the molecule is C=CC(C)P(O)N(C(C)C)C(C)C. The molecule has 0 saturated heterocycles. The summed E-state index contributed by atoms with van der Waals surface area (Å²) in [6, 6.07) is 0.775. The first-order valence-corrected chi connectivity index (χ1v) is 6.12. The van der Waals surface area contributed by atoms with E-state index in [-0.39, 0.29) is 5.66 Å². The highest BCUT2D eigenvalue weighted by atomic mass is 31.2. The van der Waals surface area contributed by atoms with Crippen LogP contribution in [0.15, 0.2) is 12.7 Å². The van der Waals surface area contributed by atoms with Crippen LogP contribution in [0.5, 0.6) is 0 Å². The van der Waals surface area contributed by atoms with Crippen LogP contribution in [0, 0.1) is 0 Å². The normalized spacial score (nSPS) is 16.7. The maximum absolute atomic E-state index is 10.0. The third kappa shape index (κ3) is 3.76. The van der Waals surface area contributed by atoms with Gasteiger partial charge in [-0.15, -0.1) is 6.58 Å². The summed E-state index contributed by atoms with van der Waals surface area (Å²) in [7, 11) is -1.07. The fourth-order valence-electron chi connectivity index (χ4n) is 1.37. The van der Waals surface area contributed by atoms with Gasteiger partial charge in [0.25, 0.3) is 0 Å². The number of hydrogen-bond donors (Lipinski definition) is 1. The second-order valence-corrected chi connectivity index (χ2v) is 5.78. The van der Waals surface area contributed by atoms with Crippen LogP contribution in [0.1, 0.15) is 34.6 Å². The number of nitrogens with zero attached hydrogens (tertiary/aromatic N) is 1. The molecule has 0 heterocycles. The Balaban J connectivity index is 4.45. The molecule has 0 aromatic rings. The molecule has 0 aliphatic rings. The van der Waals surface area contributed by atoms with Gasteiger partial charge in [0.2, 0.25) is 0 Å². The van der Waals surface area contributed by atoms with Gasteiger partial charge >= 0.3 is 0 Å². The van der Waals surface area contributed by atoms with E-state index in [2.05, 4.69) is 38.9 Å². The zero-order valence-corrected chi connectivity index (χ0v) is 10.3. The Bertz CT molecular complexity index is 151. The topological polar surface area (TPSA) is 23.5 Å². The van der Waals surface area contributed by atoms with Crippen LogP contribution in [-0.2, 0) is 0 Å². The van der Waals surface area contributed by atoms with Gasteiger partial charge < -0.3 is 4.89 Å². The first-order valence-electron chi connectivity index (χ1n) is 4.80. The van der Waals surface area contributed by atoms with Gasteiger partial charge in [-0.1, -0.05) is 13.0 Å². The van der Waals surface area contributed by atoms with Crippen molar-refractivity contribution < 1.29 is 4.89 Å². The van der Waals surface area contributed by atoms with Gasteiger partial charge in [0.1, 0.15) is 8.30 Å². The van der Waals surface area contributed by atoms with E-state index >= 15 is 0 Å². The van der Waals surface area contributed by atoms with Gasteiger partial charge in [0.15, 0.2) is 0 Å². The molecule has 13 heavy (non-hydrogen) atoms. The molecule has 78 valence electrons. The van der Waals surface area contributed by atoms with E-state index in [1.165, 1.54) is 0 Å². The maximum atomic E-state index is 10.0. The van der Waals surface area contributed by atoms with Crippen molar-refractivity contribution in [3.8, 4) is 0 Å². The van der Waals surface area contributed by atoms with Gasteiger partial charge in [0, 0.05) is 17.7 Å². The molecule has 0 aromatic carbocycles. The smallest absolute Gasteiger partial charge is 0.108 e. The predicted octanol–water partition coefficient (Wildman–Crippen LogP) is 2.98. The van der Waals surface area contributed by atoms with Crippen LogP contribution in [-0.4, -0.2) is 27.3 Å². The summed E-state index contributed by atoms with van der Waals surface area (Å²) in [6.07, 6.45) is 1.82. The number of rotatable bonds is 5. The van der Waals surface area contributed by atoms with Crippen molar-refractivity contribution >= 4 is 8.30 Å². The average Bonchev–Trinajstić information content (AvgIpc) is 2.01. The van der Waals surface area contributed by atoms with Crippen molar-refractivity contribution in [3.63, 3.8) is 0 Å². The van der Waals surface area contributed by atoms with Crippen LogP contribution in [0.25, 0.3) is 0 Å². The maximum Gasteiger partial charge on any atom is 0.108 e. The van der Waals surface area contributed by atoms with E-state index in [1.807, 2.05) is 13.0 Å². The Labute approximate surface area is 83.5 Å². The van der Waals surface area contributed by atoms with Crippen molar-refractivity contribution in [1.29, 1.82) is 0 Å². The molecule has 0 aliphatic heterocycles. The van der Waals surface area contributed by atoms with Crippen LogP contribution in [0.4, 0.5) is 0 Å². The lowest BCUT2D eigenvalue weighted by atomic mass is 10.3. The molecule has 0 spiro atoms. The summed E-state index contributed by atoms with van der Waals surface area (Å²) in [6.45, 7) is 14.2. The number of allylic oxidation sites excluding steroid dienone is 1.